The molecule has 1 unspecified atom stereocenters. The molecule has 0 amide bonds. The molecule has 0 heterocycles. The molecule has 0 aliphatic carbocycles. The van der Waals surface area contributed by atoms with Gasteiger partial charge in [-0.05, 0) is 12.8 Å². The van der Waals surface area contributed by atoms with E-state index in [2.05, 4.69) is 0 Å². The summed E-state index contributed by atoms with van der Waals surface area (Å²) >= 11 is 0. The van der Waals surface area contributed by atoms with Gasteiger partial charge in [0.15, 0.2) is 0 Å². The van der Waals surface area contributed by atoms with E-state index in [0.717, 1.165) is 0 Å². The summed E-state index contributed by atoms with van der Waals surface area (Å²) < 4.78 is 0. The predicted molar refractivity (Wildman–Crippen MR) is 28.3 cm³/mol. The molecular formula is C5H8KNO4. The molecule has 5 nitrogen and oxygen atoms in total. The van der Waals surface area contributed by atoms with Crippen LogP contribution in [0.1, 0.15) is 14.3 Å². The second kappa shape index (κ2) is 7.20. The number of rotatable bonds is 4. The van der Waals surface area contributed by atoms with Crippen LogP contribution >= 0.6 is 0 Å². The van der Waals surface area contributed by atoms with Crippen molar-refractivity contribution in [1.82, 2.24) is 0 Å². The summed E-state index contributed by atoms with van der Waals surface area (Å²) in [6.07, 6.45) is -0.500. The Morgan fingerprint density at radius 3 is 2.18 bits per heavy atom. The SMILES string of the molecule is NC(CCC(=O)[O-])C(=O)[O-].[H+].[K+]. The predicted octanol–water partition coefficient (Wildman–Crippen LogP) is -6.29. The third-order valence-electron chi connectivity index (χ3n) is 0.962. The van der Waals surface area contributed by atoms with Crippen LogP contribution in [-0.2, 0) is 9.59 Å². The number of hydrogen-bond donors (Lipinski definition) is 1. The van der Waals surface area contributed by atoms with Gasteiger partial charge in [0.05, 0.1) is 5.97 Å². The molecule has 0 fully saturated rings. The van der Waals surface area contributed by atoms with Gasteiger partial charge in [-0.25, -0.2) is 0 Å². The van der Waals surface area contributed by atoms with Gasteiger partial charge in [0.2, 0.25) is 0 Å². The van der Waals surface area contributed by atoms with Gasteiger partial charge in [-0.2, -0.15) is 0 Å². The van der Waals surface area contributed by atoms with Crippen molar-refractivity contribution in [2.75, 3.05) is 0 Å². The molecule has 0 aromatic carbocycles. The molecule has 0 aromatic heterocycles. The fourth-order valence-electron chi connectivity index (χ4n) is 0.391. The molecule has 0 saturated carbocycles. The first-order valence-corrected chi connectivity index (χ1v) is 2.70. The fourth-order valence-corrected chi connectivity index (χ4v) is 0.391. The Bertz CT molecular complexity index is 154. The number of aliphatic carboxylic acids is 2. The van der Waals surface area contributed by atoms with Gasteiger partial charge in [-0.15, -0.1) is 0 Å². The van der Waals surface area contributed by atoms with Gasteiger partial charge in [0, 0.05) is 12.0 Å². The van der Waals surface area contributed by atoms with Gasteiger partial charge >= 0.3 is 52.8 Å². The van der Waals surface area contributed by atoms with Gasteiger partial charge < -0.3 is 25.5 Å². The quantitative estimate of drug-likeness (QED) is 0.438. The van der Waals surface area contributed by atoms with Crippen LogP contribution in [0.5, 0.6) is 0 Å². The molecule has 58 valence electrons. The van der Waals surface area contributed by atoms with Crippen LogP contribution in [0, 0.1) is 0 Å². The zero-order chi connectivity index (χ0) is 8.15. The van der Waals surface area contributed by atoms with Crippen molar-refractivity contribution >= 4 is 11.9 Å². The van der Waals surface area contributed by atoms with Crippen LogP contribution in [0.3, 0.4) is 0 Å². The summed E-state index contributed by atoms with van der Waals surface area (Å²) in [6, 6.07) is -1.21. The minimum Gasteiger partial charge on any atom is -0.550 e. The average Bonchev–Trinajstić information content (AvgIpc) is 1.82. The smallest absolute Gasteiger partial charge is 0.550 e. The van der Waals surface area contributed by atoms with Gasteiger partial charge in [-0.1, -0.05) is 0 Å². The molecule has 0 aliphatic rings. The third-order valence-corrected chi connectivity index (χ3v) is 0.962. The zero-order valence-electron chi connectivity index (χ0n) is 7.20. The van der Waals surface area contributed by atoms with Crippen LogP contribution in [-0.4, -0.2) is 18.0 Å². The molecule has 0 bridgehead atoms. The van der Waals surface area contributed by atoms with Crippen molar-refractivity contribution in [3.05, 3.63) is 0 Å². The van der Waals surface area contributed by atoms with Crippen molar-refractivity contribution in [1.29, 1.82) is 0 Å². The van der Waals surface area contributed by atoms with Crippen LogP contribution < -0.4 is 67.3 Å². The zero-order valence-corrected chi connectivity index (χ0v) is 9.33. The fraction of sp³-hybridized carbons (Fsp3) is 0.600. The molecule has 0 aliphatic heterocycles. The maximum absolute atomic E-state index is 9.86. The largest absolute Gasteiger partial charge is 1.00 e. The Labute approximate surface area is 108 Å². The average molecular weight is 185 g/mol. The molecule has 1 atom stereocenters. The van der Waals surface area contributed by atoms with Gasteiger partial charge in [0.1, 0.15) is 0 Å². The summed E-state index contributed by atoms with van der Waals surface area (Å²) in [6.45, 7) is 0. The number of hydrogen-bond acceptors (Lipinski definition) is 5. The van der Waals surface area contributed by atoms with Crippen molar-refractivity contribution in [2.45, 2.75) is 18.9 Å². The number of nitrogens with two attached hydrogens (primary N) is 1. The topological polar surface area (TPSA) is 106 Å². The Balaban J connectivity index is -0.000000405. The molecule has 0 aromatic rings. The second-order valence-corrected chi connectivity index (χ2v) is 1.84. The van der Waals surface area contributed by atoms with E-state index < -0.39 is 18.0 Å². The minimum atomic E-state index is -1.44. The van der Waals surface area contributed by atoms with Crippen LogP contribution in [0.15, 0.2) is 0 Å². The molecule has 0 saturated heterocycles. The van der Waals surface area contributed by atoms with E-state index in [-0.39, 0.29) is 65.7 Å². The van der Waals surface area contributed by atoms with Crippen molar-refractivity contribution in [3.8, 4) is 0 Å². The molecule has 2 N–H and O–H groups in total. The standard InChI is InChI=1S/C5H9NO4.K/c6-3(5(9)10)1-2-4(7)8;/h3H,1-2,6H2,(H,7,8)(H,9,10);/q;+1/p-1. The van der Waals surface area contributed by atoms with E-state index >= 15 is 0 Å². The molecule has 0 rings (SSSR count). The minimum absolute atomic E-state index is 0. The maximum atomic E-state index is 9.86. The summed E-state index contributed by atoms with van der Waals surface area (Å²) in [4.78, 5) is 19.6. The number of carboxylic acid groups (broad SMARTS) is 2. The maximum Gasteiger partial charge on any atom is 1.00 e. The van der Waals surface area contributed by atoms with Crippen LogP contribution in [0.25, 0.3) is 0 Å². The Morgan fingerprint density at radius 2 is 1.91 bits per heavy atom. The van der Waals surface area contributed by atoms with E-state index in [4.69, 9.17) is 5.73 Å². The first kappa shape index (κ1) is 14.1. The molecular weight excluding hydrogens is 177 g/mol. The molecule has 11 heavy (non-hydrogen) atoms. The van der Waals surface area contributed by atoms with Crippen LogP contribution in [0.4, 0.5) is 0 Å². The van der Waals surface area contributed by atoms with Crippen LogP contribution in [0.2, 0.25) is 0 Å². The van der Waals surface area contributed by atoms with E-state index in [1.54, 1.807) is 0 Å². The van der Waals surface area contributed by atoms with Crippen molar-refractivity contribution in [3.63, 3.8) is 0 Å². The van der Waals surface area contributed by atoms with E-state index in [1.165, 1.54) is 0 Å². The number of carboxylic acids is 2. The first-order chi connectivity index (χ1) is 4.54. The number of carbonyl (C=O) groups excluding carboxylic acids is 2. The normalized spacial score (nSPS) is 11.4. The van der Waals surface area contributed by atoms with Crippen molar-refractivity contribution < 1.29 is 72.6 Å². The monoisotopic (exact) mass is 185 g/mol. The molecule has 0 spiro atoms. The summed E-state index contributed by atoms with van der Waals surface area (Å²) in [5.74, 6) is -2.75. The summed E-state index contributed by atoms with van der Waals surface area (Å²) in [5, 5.41) is 19.6. The Kier molecular flexibility index (Phi) is 9.22. The van der Waals surface area contributed by atoms with Gasteiger partial charge in [0.25, 0.3) is 0 Å². The summed E-state index contributed by atoms with van der Waals surface area (Å²) in [7, 11) is 0. The van der Waals surface area contributed by atoms with E-state index in [9.17, 15) is 19.8 Å². The van der Waals surface area contributed by atoms with Gasteiger partial charge in [-0.3, -0.25) is 0 Å². The third kappa shape index (κ3) is 8.44. The van der Waals surface area contributed by atoms with E-state index in [1.807, 2.05) is 0 Å². The second-order valence-electron chi connectivity index (χ2n) is 1.84. The van der Waals surface area contributed by atoms with Crippen molar-refractivity contribution in [2.24, 2.45) is 5.73 Å². The van der Waals surface area contributed by atoms with E-state index in [0.29, 0.717) is 0 Å². The Morgan fingerprint density at radius 1 is 1.45 bits per heavy atom. The summed E-state index contributed by atoms with van der Waals surface area (Å²) in [5.41, 5.74) is 4.91. The number of carbonyl (C=O) groups is 2. The molecule has 0 radical (unpaired) electrons. The Hall–Kier alpha value is 0.536. The first-order valence-electron chi connectivity index (χ1n) is 2.70. The molecule has 6 heteroatoms.